The highest BCUT2D eigenvalue weighted by Crippen LogP contribution is 2.43. The van der Waals surface area contributed by atoms with Crippen molar-refractivity contribution in [2.24, 2.45) is 0 Å². The van der Waals surface area contributed by atoms with E-state index in [4.69, 9.17) is 26.0 Å². The summed E-state index contributed by atoms with van der Waals surface area (Å²) in [7, 11) is 0. The van der Waals surface area contributed by atoms with E-state index >= 15 is 0 Å². The van der Waals surface area contributed by atoms with E-state index in [0.717, 1.165) is 0 Å². The molecule has 0 spiro atoms. The zero-order valence-corrected chi connectivity index (χ0v) is 12.3. The molecule has 2 heterocycles. The number of halogens is 2. The van der Waals surface area contributed by atoms with Crippen LogP contribution >= 0.6 is 11.6 Å². The van der Waals surface area contributed by atoms with Gasteiger partial charge in [-0.25, -0.2) is 9.18 Å². The lowest BCUT2D eigenvalue weighted by Crippen LogP contribution is -2.24. The zero-order valence-electron chi connectivity index (χ0n) is 11.5. The number of carbonyl (C=O) groups is 1. The van der Waals surface area contributed by atoms with Gasteiger partial charge in [-0.1, -0.05) is 28.9 Å². The minimum atomic E-state index is -1.07. The van der Waals surface area contributed by atoms with Gasteiger partial charge in [-0.15, -0.1) is 0 Å². The van der Waals surface area contributed by atoms with Gasteiger partial charge < -0.3 is 14.4 Å². The molecule has 4 rings (SSSR count). The number of carboxylic acids is 1. The standard InChI is InChI=1S/C16H9ClFNO4/c17-13-8-5-12(16(20)21)22-11(8)6-9-14(19-23-15(9)13)7-3-1-2-4-10(7)18/h1-4,6,12H,5H2,(H,20,21). The van der Waals surface area contributed by atoms with Gasteiger partial charge in [-0.3, -0.25) is 0 Å². The first-order valence-electron chi connectivity index (χ1n) is 6.81. The second kappa shape index (κ2) is 4.96. The maximum atomic E-state index is 14.0. The first kappa shape index (κ1) is 14.0. The van der Waals surface area contributed by atoms with Gasteiger partial charge in [0.05, 0.1) is 10.4 Å². The van der Waals surface area contributed by atoms with Crippen LogP contribution < -0.4 is 4.74 Å². The van der Waals surface area contributed by atoms with Crippen molar-refractivity contribution in [1.29, 1.82) is 0 Å². The minimum absolute atomic E-state index is 0.148. The third-order valence-electron chi connectivity index (χ3n) is 3.83. The third kappa shape index (κ3) is 2.06. The van der Waals surface area contributed by atoms with Gasteiger partial charge in [0, 0.05) is 17.5 Å². The van der Waals surface area contributed by atoms with Crippen LogP contribution in [0.15, 0.2) is 34.9 Å². The van der Waals surface area contributed by atoms with Crippen molar-refractivity contribution < 1.29 is 23.6 Å². The Kier molecular flexibility index (Phi) is 3.02. The van der Waals surface area contributed by atoms with Crippen molar-refractivity contribution in [2.45, 2.75) is 12.5 Å². The Morgan fingerprint density at radius 1 is 1.39 bits per heavy atom. The number of hydrogen-bond acceptors (Lipinski definition) is 4. The molecule has 116 valence electrons. The highest BCUT2D eigenvalue weighted by molar-refractivity contribution is 6.36. The zero-order chi connectivity index (χ0) is 16.1. The summed E-state index contributed by atoms with van der Waals surface area (Å²) in [5.41, 5.74) is 1.42. The van der Waals surface area contributed by atoms with Crippen LogP contribution in [-0.4, -0.2) is 22.3 Å². The number of benzene rings is 2. The van der Waals surface area contributed by atoms with E-state index in [1.54, 1.807) is 24.3 Å². The van der Waals surface area contributed by atoms with Crippen LogP contribution in [-0.2, 0) is 11.2 Å². The molecule has 1 N–H and O–H groups in total. The molecule has 3 aromatic rings. The van der Waals surface area contributed by atoms with E-state index in [1.807, 2.05) is 0 Å². The van der Waals surface area contributed by atoms with Gasteiger partial charge >= 0.3 is 5.97 Å². The molecule has 0 radical (unpaired) electrons. The van der Waals surface area contributed by atoms with E-state index in [1.165, 1.54) is 6.07 Å². The fourth-order valence-corrected chi connectivity index (χ4v) is 3.02. The Labute approximate surface area is 134 Å². The first-order valence-corrected chi connectivity index (χ1v) is 7.19. The van der Waals surface area contributed by atoms with Crippen LogP contribution in [0, 0.1) is 5.82 Å². The highest BCUT2D eigenvalue weighted by Gasteiger charge is 2.33. The maximum Gasteiger partial charge on any atom is 0.345 e. The summed E-state index contributed by atoms with van der Waals surface area (Å²) in [6.07, 6.45) is -0.839. The Bertz CT molecular complexity index is 953. The predicted octanol–water partition coefficient (Wildman–Crippen LogP) is 3.68. The van der Waals surface area contributed by atoms with E-state index in [2.05, 4.69) is 5.16 Å². The van der Waals surface area contributed by atoms with Crippen LogP contribution in [0.3, 0.4) is 0 Å². The number of carboxylic acid groups (broad SMARTS) is 1. The predicted molar refractivity (Wildman–Crippen MR) is 80.2 cm³/mol. The van der Waals surface area contributed by atoms with Gasteiger partial charge in [0.15, 0.2) is 11.7 Å². The molecule has 7 heteroatoms. The lowest BCUT2D eigenvalue weighted by Gasteiger charge is -2.04. The second-order valence-electron chi connectivity index (χ2n) is 5.20. The highest BCUT2D eigenvalue weighted by atomic mass is 35.5. The third-order valence-corrected chi connectivity index (χ3v) is 4.23. The van der Waals surface area contributed by atoms with Crippen LogP contribution in [0.1, 0.15) is 5.56 Å². The van der Waals surface area contributed by atoms with E-state index in [0.29, 0.717) is 28.0 Å². The fraction of sp³-hybridized carbons (Fsp3) is 0.125. The van der Waals surface area contributed by atoms with Crippen LogP contribution in [0.2, 0.25) is 5.02 Å². The van der Waals surface area contributed by atoms with Gasteiger partial charge in [0.2, 0.25) is 0 Å². The Hall–Kier alpha value is -2.60. The lowest BCUT2D eigenvalue weighted by molar-refractivity contribution is -0.144. The first-order chi connectivity index (χ1) is 11.1. The lowest BCUT2D eigenvalue weighted by atomic mass is 10.0. The molecule has 0 fully saturated rings. The van der Waals surface area contributed by atoms with Crippen molar-refractivity contribution in [3.8, 4) is 17.0 Å². The van der Waals surface area contributed by atoms with Crippen LogP contribution in [0.25, 0.3) is 22.2 Å². The molecule has 1 atom stereocenters. The molecule has 0 aliphatic carbocycles. The van der Waals surface area contributed by atoms with Crippen molar-refractivity contribution in [1.82, 2.24) is 5.16 Å². The molecule has 5 nitrogen and oxygen atoms in total. The van der Waals surface area contributed by atoms with Crippen LogP contribution in [0.4, 0.5) is 4.39 Å². The molecule has 0 bridgehead atoms. The summed E-state index contributed by atoms with van der Waals surface area (Å²) in [6, 6.07) is 7.76. The Morgan fingerprint density at radius 3 is 2.91 bits per heavy atom. The van der Waals surface area contributed by atoms with E-state index in [9.17, 15) is 9.18 Å². The molecule has 1 aromatic heterocycles. The summed E-state index contributed by atoms with van der Waals surface area (Å²) in [4.78, 5) is 11.1. The van der Waals surface area contributed by atoms with Crippen molar-refractivity contribution in [3.63, 3.8) is 0 Å². The molecule has 1 unspecified atom stereocenters. The van der Waals surface area contributed by atoms with Gasteiger partial charge in [0.1, 0.15) is 17.3 Å². The fourth-order valence-electron chi connectivity index (χ4n) is 2.71. The summed E-state index contributed by atoms with van der Waals surface area (Å²) in [6.45, 7) is 0. The van der Waals surface area contributed by atoms with Crippen molar-refractivity contribution >= 4 is 28.5 Å². The second-order valence-corrected chi connectivity index (χ2v) is 5.58. The molecule has 23 heavy (non-hydrogen) atoms. The number of aliphatic carboxylic acids is 1. The average molecular weight is 334 g/mol. The number of hydrogen-bond donors (Lipinski definition) is 1. The SMILES string of the molecule is O=C(O)C1Cc2c(cc3c(-c4ccccc4F)noc3c2Cl)O1. The molecule has 0 saturated heterocycles. The monoisotopic (exact) mass is 333 g/mol. The van der Waals surface area contributed by atoms with Crippen LogP contribution in [0.5, 0.6) is 5.75 Å². The van der Waals surface area contributed by atoms with Crippen molar-refractivity contribution in [2.75, 3.05) is 0 Å². The quantitative estimate of drug-likeness (QED) is 0.774. The Balaban J connectivity index is 1.92. The molecule has 0 amide bonds. The van der Waals surface area contributed by atoms with Crippen molar-refractivity contribution in [3.05, 3.63) is 46.7 Å². The minimum Gasteiger partial charge on any atom is -0.478 e. The Morgan fingerprint density at radius 2 is 2.17 bits per heavy atom. The normalized spacial score (nSPS) is 16.3. The molecule has 0 saturated carbocycles. The van der Waals surface area contributed by atoms with Gasteiger partial charge in [-0.2, -0.15) is 0 Å². The summed E-state index contributed by atoms with van der Waals surface area (Å²) >= 11 is 6.30. The molecular formula is C16H9ClFNO4. The van der Waals surface area contributed by atoms with Gasteiger partial charge in [0.25, 0.3) is 0 Å². The van der Waals surface area contributed by atoms with E-state index in [-0.39, 0.29) is 17.0 Å². The van der Waals surface area contributed by atoms with Gasteiger partial charge in [-0.05, 0) is 18.2 Å². The summed E-state index contributed by atoms with van der Waals surface area (Å²) < 4.78 is 24.7. The smallest absolute Gasteiger partial charge is 0.345 e. The molecular weight excluding hydrogens is 325 g/mol. The number of rotatable bonds is 2. The number of aromatic nitrogens is 1. The number of ether oxygens (including phenoxy) is 1. The molecule has 2 aromatic carbocycles. The molecule has 1 aliphatic heterocycles. The summed E-state index contributed by atoms with van der Waals surface area (Å²) in [5.74, 6) is -1.15. The number of nitrogens with zero attached hydrogens (tertiary/aromatic N) is 1. The maximum absolute atomic E-state index is 14.0. The summed E-state index contributed by atoms with van der Waals surface area (Å²) in [5, 5.41) is 13.7. The molecule has 1 aliphatic rings. The number of fused-ring (bicyclic) bond motifs is 2. The van der Waals surface area contributed by atoms with E-state index < -0.39 is 17.9 Å². The average Bonchev–Trinajstić information content (AvgIpc) is 3.13. The topological polar surface area (TPSA) is 72.6 Å². The largest absolute Gasteiger partial charge is 0.478 e.